The molecule has 0 atom stereocenters. The largest absolute Gasteiger partial charge is 0.478 e. The normalized spacial score (nSPS) is 16.0. The molecule has 6 heteroatoms. The number of carboxylic acid groups (broad SMARTS) is 1. The number of aromatic carboxylic acids is 1. The maximum atomic E-state index is 10.9. The van der Waals surface area contributed by atoms with Crippen LogP contribution < -0.4 is 4.90 Å². The first-order valence-corrected chi connectivity index (χ1v) is 5.14. The smallest absolute Gasteiger partial charge is 0.339 e. The lowest BCUT2D eigenvalue weighted by Crippen LogP contribution is -2.51. The minimum Gasteiger partial charge on any atom is -0.478 e. The number of hydrogen-bond acceptors (Lipinski definition) is 5. The molecule has 0 bridgehead atoms. The summed E-state index contributed by atoms with van der Waals surface area (Å²) < 4.78 is 0. The molecule has 2 heterocycles. The number of aryl methyl sites for hydroxylation is 1. The number of carbonyl (C=O) groups is 1. The SMILES string of the molecule is CCc1nc(N2CC(O)C2)ncc1C(=O)O. The van der Waals surface area contributed by atoms with Crippen LogP contribution in [0.2, 0.25) is 0 Å². The second-order valence-electron chi connectivity index (χ2n) is 3.75. The molecule has 1 aliphatic heterocycles. The standard InChI is InChI=1S/C10H13N3O3/c1-2-8-7(9(15)16)3-11-10(12-8)13-4-6(14)5-13/h3,6,14H,2,4-5H2,1H3,(H,15,16). The van der Waals surface area contributed by atoms with E-state index in [0.29, 0.717) is 31.2 Å². The number of aliphatic hydroxyl groups is 1. The van der Waals surface area contributed by atoms with Gasteiger partial charge in [0.1, 0.15) is 0 Å². The number of anilines is 1. The van der Waals surface area contributed by atoms with Crippen molar-refractivity contribution in [1.29, 1.82) is 0 Å². The molecule has 0 aromatic carbocycles. The van der Waals surface area contributed by atoms with Gasteiger partial charge >= 0.3 is 5.97 Å². The summed E-state index contributed by atoms with van der Waals surface area (Å²) in [5.74, 6) is -0.515. The number of β-amino-alcohol motifs (C(OH)–C–C–N with tert-alkyl or cyclic N) is 1. The molecule has 2 N–H and O–H groups in total. The average Bonchev–Trinajstić information content (AvgIpc) is 2.23. The maximum Gasteiger partial charge on any atom is 0.339 e. The third-order valence-electron chi connectivity index (χ3n) is 2.57. The van der Waals surface area contributed by atoms with E-state index in [2.05, 4.69) is 9.97 Å². The summed E-state index contributed by atoms with van der Waals surface area (Å²) in [4.78, 5) is 20.9. The van der Waals surface area contributed by atoms with Gasteiger partial charge in [-0.25, -0.2) is 14.8 Å². The van der Waals surface area contributed by atoms with Gasteiger partial charge in [-0.15, -0.1) is 0 Å². The maximum absolute atomic E-state index is 10.9. The Bertz CT molecular complexity index is 416. The minimum atomic E-state index is -1.01. The topological polar surface area (TPSA) is 86.5 Å². The number of hydrogen-bond donors (Lipinski definition) is 2. The van der Waals surface area contributed by atoms with Gasteiger partial charge in [0.25, 0.3) is 0 Å². The Morgan fingerprint density at radius 2 is 2.31 bits per heavy atom. The van der Waals surface area contributed by atoms with Crippen LogP contribution in [0.15, 0.2) is 6.20 Å². The van der Waals surface area contributed by atoms with Gasteiger partial charge in [0.15, 0.2) is 0 Å². The van der Waals surface area contributed by atoms with E-state index in [1.807, 2.05) is 11.8 Å². The molecule has 0 aliphatic carbocycles. The van der Waals surface area contributed by atoms with Gasteiger partial charge in [-0.3, -0.25) is 0 Å². The van der Waals surface area contributed by atoms with E-state index in [-0.39, 0.29) is 11.7 Å². The van der Waals surface area contributed by atoms with Crippen molar-refractivity contribution < 1.29 is 15.0 Å². The highest BCUT2D eigenvalue weighted by molar-refractivity contribution is 5.88. The lowest BCUT2D eigenvalue weighted by Gasteiger charge is -2.35. The summed E-state index contributed by atoms with van der Waals surface area (Å²) in [6, 6.07) is 0. The van der Waals surface area contributed by atoms with Crippen molar-refractivity contribution in [3.05, 3.63) is 17.5 Å². The first kappa shape index (κ1) is 10.8. The molecule has 1 aliphatic rings. The molecule has 1 saturated heterocycles. The molecular weight excluding hydrogens is 210 g/mol. The van der Waals surface area contributed by atoms with Crippen LogP contribution in [-0.4, -0.2) is 45.3 Å². The predicted molar refractivity (Wildman–Crippen MR) is 56.6 cm³/mol. The van der Waals surface area contributed by atoms with Crippen molar-refractivity contribution in [2.24, 2.45) is 0 Å². The van der Waals surface area contributed by atoms with Gasteiger partial charge in [-0.2, -0.15) is 0 Å². The van der Waals surface area contributed by atoms with E-state index in [1.165, 1.54) is 6.20 Å². The highest BCUT2D eigenvalue weighted by Gasteiger charge is 2.27. The third kappa shape index (κ3) is 1.83. The Morgan fingerprint density at radius 1 is 1.62 bits per heavy atom. The van der Waals surface area contributed by atoms with Crippen molar-refractivity contribution >= 4 is 11.9 Å². The van der Waals surface area contributed by atoms with Crippen molar-refractivity contribution in [1.82, 2.24) is 9.97 Å². The van der Waals surface area contributed by atoms with Crippen LogP contribution in [0.4, 0.5) is 5.95 Å². The molecule has 86 valence electrons. The van der Waals surface area contributed by atoms with E-state index in [1.54, 1.807) is 0 Å². The van der Waals surface area contributed by atoms with Gasteiger partial charge in [0, 0.05) is 19.3 Å². The summed E-state index contributed by atoms with van der Waals surface area (Å²) in [5.41, 5.74) is 0.672. The van der Waals surface area contributed by atoms with E-state index in [9.17, 15) is 4.79 Å². The zero-order chi connectivity index (χ0) is 11.7. The Hall–Kier alpha value is -1.69. The van der Waals surface area contributed by atoms with Crippen molar-refractivity contribution in [2.75, 3.05) is 18.0 Å². The number of nitrogens with zero attached hydrogens (tertiary/aromatic N) is 3. The molecule has 1 fully saturated rings. The number of aliphatic hydroxyl groups excluding tert-OH is 1. The highest BCUT2D eigenvalue weighted by Crippen LogP contribution is 2.18. The molecule has 0 amide bonds. The summed E-state index contributed by atoms with van der Waals surface area (Å²) >= 11 is 0. The van der Waals surface area contributed by atoms with Crippen molar-refractivity contribution in [3.63, 3.8) is 0 Å². The van der Waals surface area contributed by atoms with Crippen LogP contribution in [0.5, 0.6) is 0 Å². The molecule has 0 saturated carbocycles. The minimum absolute atomic E-state index is 0.146. The van der Waals surface area contributed by atoms with Gasteiger partial charge in [0.05, 0.1) is 17.4 Å². The molecular formula is C10H13N3O3. The molecule has 0 spiro atoms. The van der Waals surface area contributed by atoms with Gasteiger partial charge < -0.3 is 15.1 Å². The van der Waals surface area contributed by atoms with Crippen LogP contribution in [0.1, 0.15) is 23.0 Å². The second kappa shape index (κ2) is 4.05. The summed E-state index contributed by atoms with van der Waals surface area (Å²) in [7, 11) is 0. The Kier molecular flexibility index (Phi) is 2.74. The number of rotatable bonds is 3. The lowest BCUT2D eigenvalue weighted by molar-refractivity contribution is 0.0694. The highest BCUT2D eigenvalue weighted by atomic mass is 16.4. The third-order valence-corrected chi connectivity index (χ3v) is 2.57. The van der Waals surface area contributed by atoms with Crippen LogP contribution in [0, 0.1) is 0 Å². The number of aromatic nitrogens is 2. The summed E-state index contributed by atoms with van der Waals surface area (Å²) in [6.07, 6.45) is 1.55. The van der Waals surface area contributed by atoms with E-state index in [0.717, 1.165) is 0 Å². The monoisotopic (exact) mass is 223 g/mol. The summed E-state index contributed by atoms with van der Waals surface area (Å²) in [6.45, 7) is 2.87. The van der Waals surface area contributed by atoms with Gasteiger partial charge in [-0.05, 0) is 6.42 Å². The Balaban J connectivity index is 2.26. The van der Waals surface area contributed by atoms with E-state index >= 15 is 0 Å². The molecule has 1 aromatic rings. The quantitative estimate of drug-likeness (QED) is 0.745. The molecule has 0 unspecified atom stereocenters. The first-order chi connectivity index (χ1) is 7.61. The van der Waals surface area contributed by atoms with Crippen molar-refractivity contribution in [3.8, 4) is 0 Å². The average molecular weight is 223 g/mol. The molecule has 0 radical (unpaired) electrons. The van der Waals surface area contributed by atoms with E-state index in [4.69, 9.17) is 10.2 Å². The Labute approximate surface area is 92.6 Å². The zero-order valence-electron chi connectivity index (χ0n) is 8.92. The molecule has 16 heavy (non-hydrogen) atoms. The van der Waals surface area contributed by atoms with Crippen LogP contribution in [-0.2, 0) is 6.42 Å². The molecule has 1 aromatic heterocycles. The van der Waals surface area contributed by atoms with Crippen LogP contribution in [0.25, 0.3) is 0 Å². The predicted octanol–water partition coefficient (Wildman–Crippen LogP) is -0.0819. The lowest BCUT2D eigenvalue weighted by atomic mass is 10.1. The van der Waals surface area contributed by atoms with Crippen LogP contribution in [0.3, 0.4) is 0 Å². The van der Waals surface area contributed by atoms with Crippen molar-refractivity contribution in [2.45, 2.75) is 19.4 Å². The fraction of sp³-hybridized carbons (Fsp3) is 0.500. The second-order valence-corrected chi connectivity index (χ2v) is 3.75. The molecule has 2 rings (SSSR count). The fourth-order valence-electron chi connectivity index (χ4n) is 1.63. The zero-order valence-corrected chi connectivity index (χ0v) is 8.92. The Morgan fingerprint density at radius 3 is 2.81 bits per heavy atom. The van der Waals surface area contributed by atoms with Gasteiger partial charge in [-0.1, -0.05) is 6.92 Å². The van der Waals surface area contributed by atoms with Gasteiger partial charge in [0.2, 0.25) is 5.95 Å². The number of carboxylic acids is 1. The first-order valence-electron chi connectivity index (χ1n) is 5.14. The van der Waals surface area contributed by atoms with E-state index < -0.39 is 5.97 Å². The fourth-order valence-corrected chi connectivity index (χ4v) is 1.63. The van der Waals surface area contributed by atoms with Crippen LogP contribution >= 0.6 is 0 Å². The summed E-state index contributed by atoms with van der Waals surface area (Å²) in [5, 5.41) is 18.1. The molecule has 6 nitrogen and oxygen atoms in total.